The lowest BCUT2D eigenvalue weighted by molar-refractivity contribution is -0.386. The average Bonchev–Trinajstić information content (AvgIpc) is 2.52. The Morgan fingerprint density at radius 2 is 1.14 bits per heavy atom. The van der Waals surface area contributed by atoms with Crippen LogP contribution in [0.5, 0.6) is 11.5 Å². The molecule has 2 rings (SSSR count). The van der Waals surface area contributed by atoms with E-state index in [4.69, 9.17) is 9.47 Å². The van der Waals surface area contributed by atoms with Gasteiger partial charge in [0.05, 0.1) is 24.1 Å². The fourth-order valence-corrected chi connectivity index (χ4v) is 2.19. The predicted molar refractivity (Wildman–Crippen MR) is 78.3 cm³/mol. The molecule has 0 saturated carbocycles. The topological polar surface area (TPSA) is 105 Å². The first-order valence-electron chi connectivity index (χ1n) is 6.14. The Morgan fingerprint density at radius 3 is 1.41 bits per heavy atom. The number of nitro benzene ring substituents is 2. The second-order valence-electron chi connectivity index (χ2n) is 4.22. The van der Waals surface area contributed by atoms with Crippen LogP contribution in [0.15, 0.2) is 36.4 Å². The summed E-state index contributed by atoms with van der Waals surface area (Å²) in [6, 6.07) is 8.41. The molecule has 0 atom stereocenters. The minimum Gasteiger partial charge on any atom is -0.496 e. The molecule has 0 unspecified atom stereocenters. The summed E-state index contributed by atoms with van der Waals surface area (Å²) in [5.41, 5.74) is -0.572. The molecule has 8 heteroatoms. The van der Waals surface area contributed by atoms with E-state index >= 15 is 0 Å². The second kappa shape index (κ2) is 6.08. The van der Waals surface area contributed by atoms with Crippen LogP contribution in [0.2, 0.25) is 0 Å². The number of methoxy groups -OCH3 is 2. The largest absolute Gasteiger partial charge is 0.496 e. The van der Waals surface area contributed by atoms with Crippen LogP contribution in [0, 0.1) is 20.2 Å². The van der Waals surface area contributed by atoms with E-state index in [1.165, 1.54) is 50.6 Å². The maximum Gasteiger partial charge on any atom is 0.281 e. The summed E-state index contributed by atoms with van der Waals surface area (Å²) in [4.78, 5) is 21.3. The molecule has 0 radical (unpaired) electrons. The number of nitro groups is 2. The quantitative estimate of drug-likeness (QED) is 0.620. The molecule has 0 fully saturated rings. The van der Waals surface area contributed by atoms with Crippen molar-refractivity contribution in [3.8, 4) is 22.6 Å². The molecular formula is C14H12N2O6. The molecule has 0 aromatic heterocycles. The van der Waals surface area contributed by atoms with Crippen LogP contribution < -0.4 is 9.47 Å². The first kappa shape index (κ1) is 15.2. The minimum atomic E-state index is -0.617. The van der Waals surface area contributed by atoms with Crippen molar-refractivity contribution in [3.05, 3.63) is 56.6 Å². The molecule has 0 N–H and O–H groups in total. The summed E-state index contributed by atoms with van der Waals surface area (Å²) in [6.45, 7) is 0. The van der Waals surface area contributed by atoms with Gasteiger partial charge in [-0.2, -0.15) is 0 Å². The minimum absolute atomic E-state index is 0.0131. The highest BCUT2D eigenvalue weighted by Crippen LogP contribution is 2.46. The normalized spacial score (nSPS) is 10.1. The Kier molecular flexibility index (Phi) is 4.21. The highest BCUT2D eigenvalue weighted by atomic mass is 16.6. The standard InChI is InChI=1S/C14H12N2O6/c1-21-11-7-3-5-9(15(17)18)13(11)14-10(16(19)20)6-4-8-12(14)22-2/h3-8H,1-2H3. The van der Waals surface area contributed by atoms with Gasteiger partial charge < -0.3 is 9.47 Å². The van der Waals surface area contributed by atoms with Crippen LogP contribution in [0.25, 0.3) is 11.1 Å². The maximum absolute atomic E-state index is 11.3. The Balaban J connectivity index is 2.92. The zero-order valence-electron chi connectivity index (χ0n) is 11.8. The summed E-state index contributed by atoms with van der Waals surface area (Å²) in [7, 11) is 2.67. The molecule has 114 valence electrons. The van der Waals surface area contributed by atoms with Crippen molar-refractivity contribution >= 4 is 11.4 Å². The molecule has 0 aliphatic rings. The van der Waals surface area contributed by atoms with Gasteiger partial charge in [-0.3, -0.25) is 20.2 Å². The fourth-order valence-electron chi connectivity index (χ4n) is 2.19. The van der Waals surface area contributed by atoms with Crippen molar-refractivity contribution in [2.24, 2.45) is 0 Å². The third-order valence-corrected chi connectivity index (χ3v) is 3.09. The summed E-state index contributed by atoms with van der Waals surface area (Å²) in [5.74, 6) is 0.309. The smallest absolute Gasteiger partial charge is 0.281 e. The van der Waals surface area contributed by atoms with Crippen molar-refractivity contribution < 1.29 is 19.3 Å². The van der Waals surface area contributed by atoms with Crippen LogP contribution in [0.4, 0.5) is 11.4 Å². The van der Waals surface area contributed by atoms with Crippen LogP contribution in [0.1, 0.15) is 0 Å². The Labute approximate surface area is 125 Å². The van der Waals surface area contributed by atoms with Crippen LogP contribution >= 0.6 is 0 Å². The Bertz CT molecular complexity index is 681. The van der Waals surface area contributed by atoms with E-state index in [-0.39, 0.29) is 34.0 Å². The van der Waals surface area contributed by atoms with Crippen molar-refractivity contribution in [2.45, 2.75) is 0 Å². The summed E-state index contributed by atoms with van der Waals surface area (Å²) < 4.78 is 10.3. The van der Waals surface area contributed by atoms with Crippen molar-refractivity contribution in [3.63, 3.8) is 0 Å². The zero-order valence-corrected chi connectivity index (χ0v) is 11.8. The molecule has 8 nitrogen and oxygen atoms in total. The third kappa shape index (κ3) is 2.53. The SMILES string of the molecule is COc1cccc([N+](=O)[O-])c1-c1c(OC)cccc1[N+](=O)[O-]. The molecule has 22 heavy (non-hydrogen) atoms. The Morgan fingerprint density at radius 1 is 0.773 bits per heavy atom. The maximum atomic E-state index is 11.3. The van der Waals surface area contributed by atoms with Crippen molar-refractivity contribution in [1.82, 2.24) is 0 Å². The summed E-state index contributed by atoms with van der Waals surface area (Å²) in [5, 5.41) is 22.6. The van der Waals surface area contributed by atoms with Gasteiger partial charge in [0.25, 0.3) is 11.4 Å². The molecule has 0 saturated heterocycles. The molecule has 2 aromatic rings. The van der Waals surface area contributed by atoms with Gasteiger partial charge in [0.15, 0.2) is 0 Å². The lowest BCUT2D eigenvalue weighted by atomic mass is 9.99. The van der Waals surface area contributed by atoms with Gasteiger partial charge in [-0.15, -0.1) is 0 Å². The molecule has 0 bridgehead atoms. The summed E-state index contributed by atoms with van der Waals surface area (Å²) >= 11 is 0. The monoisotopic (exact) mass is 304 g/mol. The number of ether oxygens (including phenoxy) is 2. The summed E-state index contributed by atoms with van der Waals surface area (Å²) in [6.07, 6.45) is 0. The van der Waals surface area contributed by atoms with E-state index in [0.717, 1.165) is 0 Å². The van der Waals surface area contributed by atoms with Crippen molar-refractivity contribution in [1.29, 1.82) is 0 Å². The van der Waals surface area contributed by atoms with E-state index < -0.39 is 9.85 Å². The van der Waals surface area contributed by atoms with E-state index in [0.29, 0.717) is 0 Å². The average molecular weight is 304 g/mol. The van der Waals surface area contributed by atoms with Gasteiger partial charge in [-0.05, 0) is 12.1 Å². The van der Waals surface area contributed by atoms with Crippen LogP contribution in [0.3, 0.4) is 0 Å². The first-order chi connectivity index (χ1) is 10.5. The molecule has 0 aliphatic carbocycles. The van der Waals surface area contributed by atoms with Gasteiger partial charge in [0.2, 0.25) is 0 Å². The van der Waals surface area contributed by atoms with E-state index in [1.807, 2.05) is 0 Å². The van der Waals surface area contributed by atoms with E-state index in [2.05, 4.69) is 0 Å². The number of rotatable bonds is 5. The fraction of sp³-hybridized carbons (Fsp3) is 0.143. The van der Waals surface area contributed by atoms with Crippen molar-refractivity contribution in [2.75, 3.05) is 14.2 Å². The van der Waals surface area contributed by atoms with Gasteiger partial charge in [-0.1, -0.05) is 12.1 Å². The van der Waals surface area contributed by atoms with Gasteiger partial charge >= 0.3 is 0 Å². The first-order valence-corrected chi connectivity index (χ1v) is 6.14. The Hall–Kier alpha value is -3.16. The molecule has 0 heterocycles. The highest BCUT2D eigenvalue weighted by molar-refractivity contribution is 5.89. The second-order valence-corrected chi connectivity index (χ2v) is 4.22. The molecule has 0 spiro atoms. The number of nitrogens with zero attached hydrogens (tertiary/aromatic N) is 2. The van der Waals surface area contributed by atoms with E-state index in [1.54, 1.807) is 0 Å². The van der Waals surface area contributed by atoms with Gasteiger partial charge in [0.1, 0.15) is 22.6 Å². The lowest BCUT2D eigenvalue weighted by Gasteiger charge is -2.12. The molecule has 2 aromatic carbocycles. The molecule has 0 aliphatic heterocycles. The van der Waals surface area contributed by atoms with Crippen LogP contribution in [-0.2, 0) is 0 Å². The lowest BCUT2D eigenvalue weighted by Crippen LogP contribution is -2.00. The number of benzene rings is 2. The van der Waals surface area contributed by atoms with Crippen LogP contribution in [-0.4, -0.2) is 24.1 Å². The number of hydrogen-bond acceptors (Lipinski definition) is 6. The van der Waals surface area contributed by atoms with Gasteiger partial charge in [-0.25, -0.2) is 0 Å². The predicted octanol–water partition coefficient (Wildman–Crippen LogP) is 3.19. The van der Waals surface area contributed by atoms with Gasteiger partial charge in [0, 0.05) is 12.1 Å². The number of hydrogen-bond donors (Lipinski definition) is 0. The molecular weight excluding hydrogens is 292 g/mol. The highest BCUT2D eigenvalue weighted by Gasteiger charge is 2.29. The zero-order chi connectivity index (χ0) is 16.3. The third-order valence-electron chi connectivity index (χ3n) is 3.09. The molecule has 0 amide bonds. The van der Waals surface area contributed by atoms with E-state index in [9.17, 15) is 20.2 Å².